The topological polar surface area (TPSA) is 80.6 Å². The number of nitrogens with zero attached hydrogens (tertiary/aromatic N) is 1. The van der Waals surface area contributed by atoms with Crippen LogP contribution >= 0.6 is 0 Å². The molecule has 0 rings (SSSR count). The Labute approximate surface area is 98.6 Å². The van der Waals surface area contributed by atoms with Gasteiger partial charge in [-0.1, -0.05) is 0 Å². The minimum atomic E-state index is -5.30. The van der Waals surface area contributed by atoms with Crippen LogP contribution in [0, 0.1) is 0 Å². The molecule has 0 fully saturated rings. The Bertz CT molecular complexity index is 397. The largest absolute Gasteiger partial charge is 0.416 e. The average molecular weight is 388 g/mol. The van der Waals surface area contributed by atoms with Gasteiger partial charge in [0.2, 0.25) is 0 Å². The van der Waals surface area contributed by atoms with Gasteiger partial charge in [-0.15, -0.1) is 0 Å². The second-order valence-electron chi connectivity index (χ2n) is 1.66. The van der Waals surface area contributed by atoms with Gasteiger partial charge in [0.1, 0.15) is 0 Å². The van der Waals surface area contributed by atoms with E-state index in [1.165, 1.54) is 0 Å². The zero-order chi connectivity index (χ0) is 13.8. The first-order chi connectivity index (χ1) is 6.75. The summed E-state index contributed by atoms with van der Waals surface area (Å²) >= 11 is 1.84. The first-order valence-electron chi connectivity index (χ1n) is 2.53. The molecule has 0 bridgehead atoms. The molecule has 0 aromatic carbocycles. The van der Waals surface area contributed by atoms with Crippen LogP contribution in [0.25, 0.3) is 0 Å². The van der Waals surface area contributed by atoms with Crippen molar-refractivity contribution in [2.45, 2.75) is 11.0 Å². The molecule has 103 valence electrons. The minimum absolute atomic E-state index is 1.84. The van der Waals surface area contributed by atoms with Gasteiger partial charge in [0.05, 0.1) is 0 Å². The summed E-state index contributed by atoms with van der Waals surface area (Å²) in [5.41, 5.74) is -10.4. The summed E-state index contributed by atoms with van der Waals surface area (Å²) in [5.74, 6) is 0. The van der Waals surface area contributed by atoms with E-state index in [9.17, 15) is 34.8 Å². The summed E-state index contributed by atoms with van der Waals surface area (Å²) < 4.78 is 104. The van der Waals surface area contributed by atoms with E-state index >= 15 is 0 Å². The molecule has 5 nitrogen and oxygen atoms in total. The maximum absolute atomic E-state index is 11.1. The third-order valence-corrected chi connectivity index (χ3v) is 2.73. The van der Waals surface area contributed by atoms with Crippen LogP contribution in [-0.4, -0.2) is 19.4 Å². The molecular weight excluding hydrogens is 388 g/mol. The van der Waals surface area contributed by atoms with Gasteiger partial charge >= 0.3 is 66.3 Å². The third kappa shape index (κ3) is 7.32. The molecule has 0 spiro atoms. The van der Waals surface area contributed by atoms with Crippen molar-refractivity contribution in [3.63, 3.8) is 0 Å². The van der Waals surface area contributed by atoms with Crippen LogP contribution in [0.2, 0.25) is 0 Å². The van der Waals surface area contributed by atoms with Crippen LogP contribution < -0.4 is 0 Å². The number of halogens is 6. The summed E-state index contributed by atoms with van der Waals surface area (Å²) in [6.07, 6.45) is 0. The van der Waals surface area contributed by atoms with Gasteiger partial charge < -0.3 is 8.42 Å². The average Bonchev–Trinajstić information content (AvgIpc) is 2.01. The van der Waals surface area contributed by atoms with Crippen molar-refractivity contribution in [1.82, 2.24) is 0 Å². The maximum Gasteiger partial charge on any atom is 0.373 e. The SMILES string of the molecule is O=S(=O)([N]=[Ag])C(F)(F)F.O=[S-](=O)C(F)(F)F. The zero-order valence-corrected chi connectivity index (χ0v) is 9.58. The molecule has 0 aliphatic rings. The summed E-state index contributed by atoms with van der Waals surface area (Å²) in [4.78, 5) is 0. The van der Waals surface area contributed by atoms with E-state index in [0.29, 0.717) is 0 Å². The van der Waals surface area contributed by atoms with Gasteiger partial charge in [0.15, 0.2) is 0 Å². The van der Waals surface area contributed by atoms with Crippen molar-refractivity contribution in [3.8, 4) is 0 Å². The van der Waals surface area contributed by atoms with Crippen molar-refractivity contribution in [1.29, 1.82) is 0 Å². The molecule has 14 heteroatoms. The smallest absolute Gasteiger partial charge is 0.373 e. The van der Waals surface area contributed by atoms with E-state index in [1.54, 1.807) is 0 Å². The number of hydrogen-bond acceptors (Lipinski definition) is 5. The number of alkyl halides is 6. The standard InChI is InChI=1S/CF3NO2S.CF3O2S.Ag/c2-1(3,4)8(5,6)7;2-1(3,4)7(5)6;/q;-1;. The van der Waals surface area contributed by atoms with Gasteiger partial charge in [-0.3, -0.25) is 0 Å². The normalized spacial score (nSPS) is 13.1. The van der Waals surface area contributed by atoms with Crippen LogP contribution in [0.5, 0.6) is 0 Å². The maximum atomic E-state index is 11.1. The molecule has 0 aromatic heterocycles. The van der Waals surface area contributed by atoms with Crippen LogP contribution in [0.4, 0.5) is 26.3 Å². The minimum Gasteiger partial charge on any atom is -0.416 e. The predicted octanol–water partition coefficient (Wildman–Crippen LogP) is 1.38. The number of hydrogen-bond donors (Lipinski definition) is 0. The van der Waals surface area contributed by atoms with Crippen molar-refractivity contribution in [3.05, 3.63) is 0 Å². The fourth-order valence-corrected chi connectivity index (χ4v) is 0.554. The van der Waals surface area contributed by atoms with Crippen molar-refractivity contribution < 1.29 is 64.1 Å². The van der Waals surface area contributed by atoms with Crippen LogP contribution in [0.1, 0.15) is 0 Å². The van der Waals surface area contributed by atoms with E-state index in [1.807, 2.05) is 23.6 Å². The Morgan fingerprint density at radius 3 is 1.25 bits per heavy atom. The van der Waals surface area contributed by atoms with Crippen molar-refractivity contribution >= 4 is 20.7 Å². The molecule has 0 amide bonds. The second kappa shape index (κ2) is 6.09. The van der Waals surface area contributed by atoms with Crippen molar-refractivity contribution in [2.75, 3.05) is 0 Å². The fraction of sp³-hybridized carbons (Fsp3) is 1.00. The number of rotatable bonds is 1. The molecule has 0 saturated carbocycles. The third-order valence-electron chi connectivity index (χ3n) is 0.554. The molecule has 0 aliphatic heterocycles. The Balaban J connectivity index is 0. The molecule has 0 radical (unpaired) electrons. The summed E-state index contributed by atoms with van der Waals surface area (Å²) in [7, 11) is -9.23. The Hall–Kier alpha value is 0.0203. The fourth-order valence-electron chi connectivity index (χ4n) is 0.0312. The molecular formula is C2AgF6NO4S2-. The monoisotopic (exact) mass is 387 g/mol. The predicted molar refractivity (Wildman–Crippen MR) is 32.2 cm³/mol. The zero-order valence-electron chi connectivity index (χ0n) is 6.47. The van der Waals surface area contributed by atoms with Gasteiger partial charge in [-0.2, -0.15) is 13.2 Å². The molecule has 0 heterocycles. The molecule has 0 aromatic rings. The van der Waals surface area contributed by atoms with Crippen LogP contribution in [-0.2, 0) is 50.0 Å². The van der Waals surface area contributed by atoms with Crippen molar-refractivity contribution in [2.24, 2.45) is 2.74 Å². The van der Waals surface area contributed by atoms with Gasteiger partial charge in [-0.25, -0.2) is 0 Å². The van der Waals surface area contributed by atoms with Gasteiger partial charge in [0.25, 0.3) is 0 Å². The summed E-state index contributed by atoms with van der Waals surface area (Å²) in [6, 6.07) is 0. The molecule has 0 atom stereocenters. The summed E-state index contributed by atoms with van der Waals surface area (Å²) in [5, 5.41) is 0. The quantitative estimate of drug-likeness (QED) is 0.386. The Morgan fingerprint density at radius 2 is 1.25 bits per heavy atom. The second-order valence-corrected chi connectivity index (χ2v) is 4.92. The van der Waals surface area contributed by atoms with Crippen LogP contribution in [0.15, 0.2) is 2.74 Å². The first kappa shape index (κ1) is 18.4. The molecule has 0 aliphatic carbocycles. The molecule has 16 heavy (non-hydrogen) atoms. The molecule has 0 saturated heterocycles. The van der Waals surface area contributed by atoms with Gasteiger partial charge in [-0.05, 0) is 0 Å². The Morgan fingerprint density at radius 1 is 1.00 bits per heavy atom. The van der Waals surface area contributed by atoms with Crippen LogP contribution in [0.3, 0.4) is 0 Å². The van der Waals surface area contributed by atoms with Gasteiger partial charge in [0, 0.05) is 10.7 Å². The summed E-state index contributed by atoms with van der Waals surface area (Å²) in [6.45, 7) is 0. The van der Waals surface area contributed by atoms with E-state index in [2.05, 4.69) is 0 Å². The number of sulfonamides is 1. The van der Waals surface area contributed by atoms with E-state index in [0.717, 1.165) is 0 Å². The molecule has 0 N–H and O–H groups in total. The first-order valence-corrected chi connectivity index (χ1v) is 5.70. The van der Waals surface area contributed by atoms with E-state index in [-0.39, 0.29) is 0 Å². The Kier molecular flexibility index (Phi) is 7.00. The van der Waals surface area contributed by atoms with E-state index in [4.69, 9.17) is 8.42 Å². The molecule has 0 unspecified atom stereocenters. The van der Waals surface area contributed by atoms with E-state index < -0.39 is 31.7 Å².